The number of rotatable bonds is 5. The van der Waals surface area contributed by atoms with Crippen molar-refractivity contribution in [1.82, 2.24) is 5.43 Å². The molecule has 0 fully saturated rings. The number of methoxy groups -OCH3 is 1. The van der Waals surface area contributed by atoms with Crippen molar-refractivity contribution in [2.75, 3.05) is 7.11 Å². The standard InChI is InChI=1S/C17H22N2OS/c1-20-14-7-4-5-12(9-14)10-15(19-18)17-11-13-6-2-3-8-16(13)21-17/h4-5,7,9,11,15,19H,2-3,6,8,10,18H2,1H3. The van der Waals surface area contributed by atoms with Gasteiger partial charge >= 0.3 is 0 Å². The summed E-state index contributed by atoms with van der Waals surface area (Å²) in [4.78, 5) is 2.91. The van der Waals surface area contributed by atoms with Gasteiger partial charge in [0.05, 0.1) is 13.2 Å². The first-order valence-corrected chi connectivity index (χ1v) is 8.32. The molecule has 0 saturated carbocycles. The van der Waals surface area contributed by atoms with Crippen LogP contribution in [0.25, 0.3) is 0 Å². The summed E-state index contributed by atoms with van der Waals surface area (Å²) < 4.78 is 5.29. The zero-order valence-electron chi connectivity index (χ0n) is 12.4. The molecule has 0 amide bonds. The summed E-state index contributed by atoms with van der Waals surface area (Å²) in [6, 6.07) is 10.7. The normalized spacial score (nSPS) is 15.5. The van der Waals surface area contributed by atoms with Gasteiger partial charge in [-0.15, -0.1) is 11.3 Å². The minimum atomic E-state index is 0.174. The zero-order chi connectivity index (χ0) is 14.7. The lowest BCUT2D eigenvalue weighted by atomic mass is 9.98. The van der Waals surface area contributed by atoms with Crippen molar-refractivity contribution in [2.24, 2.45) is 5.84 Å². The highest BCUT2D eigenvalue weighted by Gasteiger charge is 2.19. The van der Waals surface area contributed by atoms with Gasteiger partial charge in [-0.05, 0) is 61.4 Å². The van der Waals surface area contributed by atoms with Gasteiger partial charge in [0.25, 0.3) is 0 Å². The van der Waals surface area contributed by atoms with E-state index in [1.54, 1.807) is 12.0 Å². The van der Waals surface area contributed by atoms with Crippen molar-refractivity contribution in [2.45, 2.75) is 38.1 Å². The van der Waals surface area contributed by atoms with Crippen LogP contribution in [0, 0.1) is 0 Å². The first kappa shape index (κ1) is 14.6. The minimum absolute atomic E-state index is 0.174. The molecule has 1 aromatic carbocycles. The van der Waals surface area contributed by atoms with Crippen molar-refractivity contribution in [3.63, 3.8) is 0 Å². The van der Waals surface area contributed by atoms with Crippen molar-refractivity contribution in [3.8, 4) is 5.75 Å². The van der Waals surface area contributed by atoms with Crippen molar-refractivity contribution in [3.05, 3.63) is 51.2 Å². The summed E-state index contributed by atoms with van der Waals surface area (Å²) in [5.74, 6) is 6.70. The summed E-state index contributed by atoms with van der Waals surface area (Å²) in [7, 11) is 1.70. The number of benzene rings is 1. The van der Waals surface area contributed by atoms with E-state index in [1.165, 1.54) is 41.7 Å². The van der Waals surface area contributed by atoms with Crippen LogP contribution in [0.2, 0.25) is 0 Å². The molecule has 1 unspecified atom stereocenters. The number of hydrogen-bond acceptors (Lipinski definition) is 4. The molecule has 1 aliphatic rings. The Balaban J connectivity index is 1.79. The molecule has 1 aliphatic carbocycles. The van der Waals surface area contributed by atoms with Gasteiger partial charge < -0.3 is 4.74 Å². The Morgan fingerprint density at radius 3 is 2.90 bits per heavy atom. The second-order valence-electron chi connectivity index (χ2n) is 5.58. The van der Waals surface area contributed by atoms with E-state index >= 15 is 0 Å². The van der Waals surface area contributed by atoms with E-state index in [2.05, 4.69) is 23.6 Å². The fourth-order valence-corrected chi connectivity index (χ4v) is 4.28. The van der Waals surface area contributed by atoms with Gasteiger partial charge in [-0.3, -0.25) is 11.3 Å². The average Bonchev–Trinajstić information content (AvgIpc) is 2.96. The number of aryl methyl sites for hydroxylation is 2. The maximum atomic E-state index is 5.81. The molecule has 0 aliphatic heterocycles. The first-order chi connectivity index (χ1) is 10.3. The molecule has 2 aromatic rings. The van der Waals surface area contributed by atoms with E-state index in [4.69, 9.17) is 10.6 Å². The van der Waals surface area contributed by atoms with E-state index in [9.17, 15) is 0 Å². The maximum Gasteiger partial charge on any atom is 0.119 e. The molecule has 4 heteroatoms. The summed E-state index contributed by atoms with van der Waals surface area (Å²) in [6.45, 7) is 0. The van der Waals surface area contributed by atoms with Gasteiger partial charge in [-0.1, -0.05) is 12.1 Å². The maximum absolute atomic E-state index is 5.81. The van der Waals surface area contributed by atoms with Crippen LogP contribution in [0.4, 0.5) is 0 Å². The van der Waals surface area contributed by atoms with Gasteiger partial charge in [0, 0.05) is 9.75 Å². The summed E-state index contributed by atoms with van der Waals surface area (Å²) in [5, 5.41) is 0. The Morgan fingerprint density at radius 1 is 1.29 bits per heavy atom. The highest BCUT2D eigenvalue weighted by Crippen LogP contribution is 2.34. The number of hydrogen-bond donors (Lipinski definition) is 2. The van der Waals surface area contributed by atoms with Gasteiger partial charge in [-0.25, -0.2) is 0 Å². The SMILES string of the molecule is COc1cccc(CC(NN)c2cc3c(s2)CCCC3)c1. The number of nitrogens with one attached hydrogen (secondary N) is 1. The van der Waals surface area contributed by atoms with Crippen molar-refractivity contribution < 1.29 is 4.74 Å². The molecule has 112 valence electrons. The molecule has 1 atom stereocenters. The summed E-state index contributed by atoms with van der Waals surface area (Å²) >= 11 is 1.92. The van der Waals surface area contributed by atoms with Gasteiger partial charge in [0.15, 0.2) is 0 Å². The van der Waals surface area contributed by atoms with Crippen LogP contribution in [-0.4, -0.2) is 7.11 Å². The minimum Gasteiger partial charge on any atom is -0.497 e. The van der Waals surface area contributed by atoms with Gasteiger partial charge in [0.1, 0.15) is 5.75 Å². The molecule has 0 radical (unpaired) electrons. The average molecular weight is 302 g/mol. The predicted octanol–water partition coefficient (Wildman–Crippen LogP) is 3.38. The van der Waals surface area contributed by atoms with E-state index in [1.807, 2.05) is 23.5 Å². The molecule has 21 heavy (non-hydrogen) atoms. The van der Waals surface area contributed by atoms with Crippen LogP contribution in [-0.2, 0) is 19.3 Å². The van der Waals surface area contributed by atoms with E-state index < -0.39 is 0 Å². The smallest absolute Gasteiger partial charge is 0.119 e. The Labute approximate surface area is 130 Å². The molecular formula is C17H22N2OS. The topological polar surface area (TPSA) is 47.3 Å². The third-order valence-corrected chi connectivity index (χ3v) is 5.49. The molecule has 3 rings (SSSR count). The highest BCUT2D eigenvalue weighted by molar-refractivity contribution is 7.12. The Kier molecular flexibility index (Phi) is 4.58. The van der Waals surface area contributed by atoms with Gasteiger partial charge in [-0.2, -0.15) is 0 Å². The fourth-order valence-electron chi connectivity index (χ4n) is 2.96. The Bertz CT molecular complexity index is 585. The second kappa shape index (κ2) is 6.60. The van der Waals surface area contributed by atoms with Crippen LogP contribution in [0.15, 0.2) is 30.3 Å². The molecule has 0 spiro atoms. The predicted molar refractivity (Wildman–Crippen MR) is 87.7 cm³/mol. The second-order valence-corrected chi connectivity index (χ2v) is 6.75. The number of nitrogens with two attached hydrogens (primary N) is 1. The quantitative estimate of drug-likeness (QED) is 0.657. The van der Waals surface area contributed by atoms with Crippen LogP contribution < -0.4 is 16.0 Å². The van der Waals surface area contributed by atoms with E-state index in [-0.39, 0.29) is 6.04 Å². The van der Waals surface area contributed by atoms with E-state index in [0.29, 0.717) is 0 Å². The van der Waals surface area contributed by atoms with Crippen LogP contribution in [0.3, 0.4) is 0 Å². The van der Waals surface area contributed by atoms with E-state index in [0.717, 1.165) is 12.2 Å². The monoisotopic (exact) mass is 302 g/mol. The van der Waals surface area contributed by atoms with Crippen LogP contribution >= 0.6 is 11.3 Å². The van der Waals surface area contributed by atoms with Gasteiger partial charge in [0.2, 0.25) is 0 Å². The fraction of sp³-hybridized carbons (Fsp3) is 0.412. The van der Waals surface area contributed by atoms with Crippen LogP contribution in [0.1, 0.15) is 39.8 Å². The first-order valence-electron chi connectivity index (χ1n) is 7.50. The van der Waals surface area contributed by atoms with Crippen LogP contribution in [0.5, 0.6) is 5.75 Å². The lowest BCUT2D eigenvalue weighted by molar-refractivity contribution is 0.414. The lowest BCUT2D eigenvalue weighted by Crippen LogP contribution is -2.28. The number of fused-ring (bicyclic) bond motifs is 1. The number of hydrazine groups is 1. The van der Waals surface area contributed by atoms with Crippen molar-refractivity contribution >= 4 is 11.3 Å². The Hall–Kier alpha value is -1.36. The molecule has 0 saturated heterocycles. The summed E-state index contributed by atoms with van der Waals surface area (Å²) in [5.41, 5.74) is 5.76. The molecule has 3 nitrogen and oxygen atoms in total. The molecule has 0 bridgehead atoms. The third kappa shape index (κ3) is 3.28. The zero-order valence-corrected chi connectivity index (χ0v) is 13.2. The highest BCUT2D eigenvalue weighted by atomic mass is 32.1. The molecule has 1 aromatic heterocycles. The van der Waals surface area contributed by atoms with Crippen molar-refractivity contribution in [1.29, 1.82) is 0 Å². The third-order valence-electron chi connectivity index (χ3n) is 4.13. The molecular weight excluding hydrogens is 280 g/mol. The molecule has 3 N–H and O–H groups in total. The largest absolute Gasteiger partial charge is 0.497 e. The Morgan fingerprint density at radius 2 is 2.14 bits per heavy atom. The number of ether oxygens (including phenoxy) is 1. The summed E-state index contributed by atoms with van der Waals surface area (Å²) in [6.07, 6.45) is 5.98. The molecule has 1 heterocycles. The lowest BCUT2D eigenvalue weighted by Gasteiger charge is -2.14. The number of thiophene rings is 1.